The van der Waals surface area contributed by atoms with Gasteiger partial charge in [-0.15, -0.1) is 0 Å². The molecular weight excluding hydrogens is 460 g/mol. The molecule has 176 valence electrons. The summed E-state index contributed by atoms with van der Waals surface area (Å²) in [6.45, 7) is 3.16. The molecule has 2 aromatic carbocycles. The maximum Gasteiger partial charge on any atom is 0.246 e. The number of ether oxygens (including phenoxy) is 1. The fourth-order valence-corrected chi connectivity index (χ4v) is 6.35. The second kappa shape index (κ2) is 10.1. The van der Waals surface area contributed by atoms with E-state index in [-0.39, 0.29) is 16.6 Å². The summed E-state index contributed by atoms with van der Waals surface area (Å²) in [7, 11) is -1.79. The van der Waals surface area contributed by atoms with Crippen molar-refractivity contribution in [1.29, 1.82) is 0 Å². The van der Waals surface area contributed by atoms with Crippen LogP contribution in [0.2, 0.25) is 0 Å². The van der Waals surface area contributed by atoms with Crippen molar-refractivity contribution >= 4 is 44.4 Å². The number of nitrogens with zero attached hydrogens (tertiary/aromatic N) is 3. The van der Waals surface area contributed by atoms with Crippen LogP contribution < -0.4 is 10.1 Å². The maximum absolute atomic E-state index is 13.3. The molecule has 10 heteroatoms. The lowest BCUT2D eigenvalue weighted by Gasteiger charge is -2.27. The third kappa shape index (κ3) is 5.18. The van der Waals surface area contributed by atoms with Gasteiger partial charge in [-0.1, -0.05) is 30.3 Å². The fraction of sp³-hybridized carbons (Fsp3) is 0.391. The van der Waals surface area contributed by atoms with Crippen molar-refractivity contribution in [1.82, 2.24) is 13.9 Å². The minimum Gasteiger partial charge on any atom is -0.492 e. The molecule has 0 atom stereocenters. The zero-order valence-corrected chi connectivity index (χ0v) is 20.4. The molecule has 0 radical (unpaired) electrons. The van der Waals surface area contributed by atoms with E-state index in [9.17, 15) is 13.2 Å². The van der Waals surface area contributed by atoms with E-state index in [1.54, 1.807) is 12.1 Å². The number of hydrogen-bond acceptors (Lipinski definition) is 6. The molecule has 0 unspecified atom stereocenters. The summed E-state index contributed by atoms with van der Waals surface area (Å²) >= 11 is 1.33. The number of hydrogen-bond donors (Lipinski definition) is 1. The molecule has 0 spiro atoms. The number of aromatic nitrogens is 2. The first-order chi connectivity index (χ1) is 15.9. The average Bonchev–Trinajstić information content (AvgIpc) is 3.15. The maximum atomic E-state index is 13.3. The fourth-order valence-electron chi connectivity index (χ4n) is 3.89. The Labute approximate surface area is 198 Å². The van der Waals surface area contributed by atoms with Crippen LogP contribution in [0.5, 0.6) is 5.75 Å². The zero-order chi connectivity index (χ0) is 23.4. The lowest BCUT2D eigenvalue weighted by atomic mass is 10.2. The summed E-state index contributed by atoms with van der Waals surface area (Å²) in [5.74, 6) is 0.214. The Morgan fingerprint density at radius 3 is 2.64 bits per heavy atom. The van der Waals surface area contributed by atoms with Crippen LogP contribution in [0.25, 0.3) is 11.0 Å². The van der Waals surface area contributed by atoms with E-state index in [1.165, 1.54) is 22.1 Å². The topological polar surface area (TPSA) is 93.5 Å². The number of carbonyl (C=O) groups is 1. The van der Waals surface area contributed by atoms with Crippen LogP contribution >= 0.6 is 11.8 Å². The van der Waals surface area contributed by atoms with Gasteiger partial charge in [-0.05, 0) is 50.1 Å². The molecule has 1 saturated heterocycles. The van der Waals surface area contributed by atoms with E-state index < -0.39 is 10.0 Å². The molecule has 0 aliphatic carbocycles. The number of fused-ring (bicyclic) bond motifs is 1. The molecule has 1 N–H and O–H groups in total. The van der Waals surface area contributed by atoms with E-state index in [2.05, 4.69) is 10.3 Å². The minimum absolute atomic E-state index is 0.0899. The highest BCUT2D eigenvalue weighted by atomic mass is 32.2. The number of nitrogens with one attached hydrogen (secondary N) is 1. The number of benzene rings is 2. The molecule has 1 aliphatic heterocycles. The van der Waals surface area contributed by atoms with E-state index in [1.807, 2.05) is 42.8 Å². The molecule has 8 nitrogen and oxygen atoms in total. The number of aryl methyl sites for hydroxylation is 1. The molecule has 1 fully saturated rings. The highest BCUT2D eigenvalue weighted by Gasteiger charge is 2.29. The lowest BCUT2D eigenvalue weighted by Crippen LogP contribution is -2.35. The van der Waals surface area contributed by atoms with Crippen molar-refractivity contribution in [2.45, 2.75) is 36.2 Å². The lowest BCUT2D eigenvalue weighted by molar-refractivity contribution is -0.113. The van der Waals surface area contributed by atoms with Gasteiger partial charge in [-0.3, -0.25) is 4.79 Å². The van der Waals surface area contributed by atoms with E-state index in [4.69, 9.17) is 4.74 Å². The first-order valence-electron chi connectivity index (χ1n) is 11.0. The van der Waals surface area contributed by atoms with Gasteiger partial charge in [0, 0.05) is 25.8 Å². The molecule has 0 bridgehead atoms. The van der Waals surface area contributed by atoms with Crippen LogP contribution in [-0.2, 0) is 21.9 Å². The second-order valence-electron chi connectivity index (χ2n) is 7.84. The standard InChI is InChI=1S/C23H28N4O4S2/c1-3-31-20-12-11-17(15-21(20)33(29,30)27-13-7-4-8-14-27)24-22(28)16-32-23-25-18-9-5-6-10-19(18)26(23)2/h5-6,9-12,15H,3-4,7-8,13-14,16H2,1-2H3,(H,24,28). The number of sulfonamides is 1. The molecule has 1 amide bonds. The highest BCUT2D eigenvalue weighted by Crippen LogP contribution is 2.31. The van der Waals surface area contributed by atoms with Gasteiger partial charge in [0.2, 0.25) is 15.9 Å². The predicted octanol–water partition coefficient (Wildman–Crippen LogP) is 3.88. The molecule has 4 rings (SSSR count). The molecule has 1 aliphatic rings. The molecule has 1 aromatic heterocycles. The Bertz CT molecular complexity index is 1250. The number of para-hydroxylation sites is 2. The number of rotatable bonds is 8. The normalized spacial score (nSPS) is 15.0. The zero-order valence-electron chi connectivity index (χ0n) is 18.8. The van der Waals surface area contributed by atoms with Gasteiger partial charge in [-0.25, -0.2) is 13.4 Å². The Kier molecular flexibility index (Phi) is 7.26. The Morgan fingerprint density at radius 2 is 1.91 bits per heavy atom. The van der Waals surface area contributed by atoms with Crippen molar-refractivity contribution in [2.75, 3.05) is 30.8 Å². The smallest absolute Gasteiger partial charge is 0.246 e. The third-order valence-corrected chi connectivity index (χ3v) is 8.49. The number of thioether (sulfide) groups is 1. The number of anilines is 1. The average molecular weight is 489 g/mol. The summed E-state index contributed by atoms with van der Waals surface area (Å²) in [5.41, 5.74) is 2.30. The number of piperidine rings is 1. The second-order valence-corrected chi connectivity index (χ2v) is 10.7. The summed E-state index contributed by atoms with van der Waals surface area (Å²) in [4.78, 5) is 17.3. The molecular formula is C23H28N4O4S2. The number of carbonyl (C=O) groups excluding carboxylic acids is 1. The van der Waals surface area contributed by atoms with Crippen molar-refractivity contribution in [3.05, 3.63) is 42.5 Å². The van der Waals surface area contributed by atoms with Crippen LogP contribution in [0.3, 0.4) is 0 Å². The Hall–Kier alpha value is -2.56. The van der Waals surface area contributed by atoms with Crippen molar-refractivity contribution in [3.8, 4) is 5.75 Å². The van der Waals surface area contributed by atoms with Gasteiger partial charge in [0.05, 0.1) is 23.4 Å². The van der Waals surface area contributed by atoms with Gasteiger partial charge >= 0.3 is 0 Å². The van der Waals surface area contributed by atoms with Crippen molar-refractivity contribution < 1.29 is 17.9 Å². The monoisotopic (exact) mass is 488 g/mol. The minimum atomic E-state index is -3.71. The number of imidazole rings is 1. The number of amides is 1. The SMILES string of the molecule is CCOc1ccc(NC(=O)CSc2nc3ccccc3n2C)cc1S(=O)(=O)N1CCCCC1. The van der Waals surface area contributed by atoms with E-state index in [0.29, 0.717) is 31.1 Å². The summed E-state index contributed by atoms with van der Waals surface area (Å²) in [6, 6.07) is 12.6. The Morgan fingerprint density at radius 1 is 1.15 bits per heavy atom. The van der Waals surface area contributed by atoms with Crippen LogP contribution in [0.1, 0.15) is 26.2 Å². The molecule has 33 heavy (non-hydrogen) atoms. The van der Waals surface area contributed by atoms with Gasteiger partial charge in [0.1, 0.15) is 10.6 Å². The molecule has 0 saturated carbocycles. The molecule has 2 heterocycles. The first-order valence-corrected chi connectivity index (χ1v) is 13.4. The highest BCUT2D eigenvalue weighted by molar-refractivity contribution is 7.99. The Balaban J connectivity index is 1.49. The van der Waals surface area contributed by atoms with Gasteiger partial charge in [0.15, 0.2) is 5.16 Å². The molecule has 3 aromatic rings. The van der Waals surface area contributed by atoms with E-state index in [0.717, 1.165) is 35.5 Å². The van der Waals surface area contributed by atoms with Gasteiger partial charge < -0.3 is 14.6 Å². The predicted molar refractivity (Wildman–Crippen MR) is 130 cm³/mol. The summed E-state index contributed by atoms with van der Waals surface area (Å²) < 4.78 is 35.6. The summed E-state index contributed by atoms with van der Waals surface area (Å²) in [6.07, 6.45) is 2.72. The van der Waals surface area contributed by atoms with Crippen LogP contribution in [0, 0.1) is 0 Å². The van der Waals surface area contributed by atoms with Gasteiger partial charge in [0.25, 0.3) is 0 Å². The van der Waals surface area contributed by atoms with Crippen molar-refractivity contribution in [3.63, 3.8) is 0 Å². The quantitative estimate of drug-likeness (QED) is 0.484. The first kappa shape index (κ1) is 23.6. The van der Waals surface area contributed by atoms with E-state index >= 15 is 0 Å². The van der Waals surface area contributed by atoms with Crippen LogP contribution in [-0.4, -0.2) is 53.6 Å². The van der Waals surface area contributed by atoms with Crippen LogP contribution in [0.4, 0.5) is 5.69 Å². The van der Waals surface area contributed by atoms with Crippen LogP contribution in [0.15, 0.2) is 52.5 Å². The largest absolute Gasteiger partial charge is 0.492 e. The van der Waals surface area contributed by atoms with Crippen molar-refractivity contribution in [2.24, 2.45) is 7.05 Å². The summed E-state index contributed by atoms with van der Waals surface area (Å²) in [5, 5.41) is 3.56. The third-order valence-electron chi connectivity index (χ3n) is 5.54. The van der Waals surface area contributed by atoms with Gasteiger partial charge in [-0.2, -0.15) is 4.31 Å².